The highest BCUT2D eigenvalue weighted by Gasteiger charge is 2.44. The molecule has 0 radical (unpaired) electrons. The first-order valence-corrected chi connectivity index (χ1v) is 6.85. The lowest BCUT2D eigenvalue weighted by atomic mass is 10.00. The van der Waals surface area contributed by atoms with E-state index in [0.717, 1.165) is 5.56 Å². The molecule has 0 spiro atoms. The Hall–Kier alpha value is -0.980. The summed E-state index contributed by atoms with van der Waals surface area (Å²) < 4.78 is 28.4. The van der Waals surface area contributed by atoms with Crippen LogP contribution in [0, 0.1) is 0 Å². The van der Waals surface area contributed by atoms with Crippen LogP contribution < -0.4 is 0 Å². The summed E-state index contributed by atoms with van der Waals surface area (Å²) >= 11 is 0. The highest BCUT2D eigenvalue weighted by Crippen LogP contribution is 2.34. The molecule has 5 atom stereocenters. The Morgan fingerprint density at radius 3 is 2.55 bits per heavy atom. The summed E-state index contributed by atoms with van der Waals surface area (Å²) in [7, 11) is 3.32. The Bertz CT molecular complexity index is 416. The first-order valence-electron chi connectivity index (χ1n) is 6.85. The zero-order chi connectivity index (χ0) is 13.9. The Morgan fingerprint density at radius 1 is 1.05 bits per heavy atom. The third-order valence-corrected chi connectivity index (χ3v) is 3.81. The minimum absolute atomic E-state index is 0.0474. The number of hydrogen-bond acceptors (Lipinski definition) is 5. The average Bonchev–Trinajstić information content (AvgIpc) is 2.54. The molecule has 0 unspecified atom stereocenters. The second kappa shape index (κ2) is 6.20. The molecule has 1 aromatic carbocycles. The summed E-state index contributed by atoms with van der Waals surface area (Å²) in [6, 6.07) is 9.91. The van der Waals surface area contributed by atoms with Crippen LogP contribution in [0.4, 0.5) is 0 Å². The van der Waals surface area contributed by atoms with E-state index in [2.05, 4.69) is 0 Å². The summed E-state index contributed by atoms with van der Waals surface area (Å²) in [5, 5.41) is 0. The molecule has 5 heteroatoms. The summed E-state index contributed by atoms with van der Waals surface area (Å²) in [6.45, 7) is 0.476. The fraction of sp³-hybridized carbons (Fsp3) is 0.600. The summed E-state index contributed by atoms with van der Waals surface area (Å²) in [6.07, 6.45) is -0.299. The number of rotatable bonds is 3. The Balaban J connectivity index is 1.73. The predicted octanol–water partition coefficient (Wildman–Crippen LogP) is 1.88. The maximum absolute atomic E-state index is 6.04. The first-order chi connectivity index (χ1) is 9.81. The predicted molar refractivity (Wildman–Crippen MR) is 71.1 cm³/mol. The third-order valence-electron chi connectivity index (χ3n) is 3.81. The van der Waals surface area contributed by atoms with Gasteiger partial charge in [0.1, 0.15) is 12.2 Å². The van der Waals surface area contributed by atoms with Gasteiger partial charge in [0, 0.05) is 26.2 Å². The van der Waals surface area contributed by atoms with E-state index in [1.807, 2.05) is 30.3 Å². The van der Waals surface area contributed by atoms with Crippen molar-refractivity contribution in [3.63, 3.8) is 0 Å². The summed E-state index contributed by atoms with van der Waals surface area (Å²) in [5.41, 5.74) is 1.01. The topological polar surface area (TPSA) is 46.2 Å². The molecule has 2 aliphatic rings. The van der Waals surface area contributed by atoms with Crippen LogP contribution in [0.15, 0.2) is 30.3 Å². The van der Waals surface area contributed by atoms with Crippen LogP contribution in [-0.2, 0) is 23.7 Å². The Morgan fingerprint density at radius 2 is 1.85 bits per heavy atom. The van der Waals surface area contributed by atoms with Crippen LogP contribution >= 0.6 is 0 Å². The van der Waals surface area contributed by atoms with Gasteiger partial charge in [0.2, 0.25) is 0 Å². The standard InChI is InChI=1S/C15H20O5/c1-16-11-8-13(17-2)19-12-9-18-15(20-14(11)12)10-6-4-3-5-7-10/h3-7,11-15H,8-9H2,1-2H3/t11-,12-,13+,14+,15+/m0/s1. The molecule has 0 aliphatic carbocycles. The van der Waals surface area contributed by atoms with Crippen LogP contribution in [0.1, 0.15) is 18.3 Å². The largest absolute Gasteiger partial charge is 0.378 e. The normalized spacial score (nSPS) is 37.4. The van der Waals surface area contributed by atoms with Crippen molar-refractivity contribution in [3.05, 3.63) is 35.9 Å². The molecule has 2 fully saturated rings. The molecule has 2 saturated heterocycles. The van der Waals surface area contributed by atoms with Crippen LogP contribution in [0.2, 0.25) is 0 Å². The average molecular weight is 280 g/mol. The lowest BCUT2D eigenvalue weighted by Gasteiger charge is -2.45. The van der Waals surface area contributed by atoms with Crippen molar-refractivity contribution in [2.45, 2.75) is 37.3 Å². The maximum atomic E-state index is 6.04. The van der Waals surface area contributed by atoms with Gasteiger partial charge in [-0.25, -0.2) is 0 Å². The van der Waals surface area contributed by atoms with Crippen molar-refractivity contribution in [1.29, 1.82) is 0 Å². The van der Waals surface area contributed by atoms with Gasteiger partial charge in [-0.15, -0.1) is 0 Å². The van der Waals surface area contributed by atoms with Gasteiger partial charge in [0.25, 0.3) is 0 Å². The van der Waals surface area contributed by atoms with E-state index in [9.17, 15) is 0 Å². The van der Waals surface area contributed by atoms with Gasteiger partial charge in [0.15, 0.2) is 12.6 Å². The number of methoxy groups -OCH3 is 2. The molecule has 0 aromatic heterocycles. The second-order valence-electron chi connectivity index (χ2n) is 5.03. The van der Waals surface area contributed by atoms with Crippen LogP contribution in [0.5, 0.6) is 0 Å². The minimum Gasteiger partial charge on any atom is -0.378 e. The van der Waals surface area contributed by atoms with Crippen molar-refractivity contribution >= 4 is 0 Å². The highest BCUT2D eigenvalue weighted by atomic mass is 16.7. The van der Waals surface area contributed by atoms with E-state index in [4.69, 9.17) is 23.7 Å². The molecule has 0 amide bonds. The zero-order valence-corrected chi connectivity index (χ0v) is 11.7. The number of benzene rings is 1. The lowest BCUT2D eigenvalue weighted by Crippen LogP contribution is -2.55. The Kier molecular flexibility index (Phi) is 4.33. The summed E-state index contributed by atoms with van der Waals surface area (Å²) in [5.74, 6) is 0. The summed E-state index contributed by atoms with van der Waals surface area (Å²) in [4.78, 5) is 0. The van der Waals surface area contributed by atoms with Crippen molar-refractivity contribution in [1.82, 2.24) is 0 Å². The fourth-order valence-electron chi connectivity index (χ4n) is 2.73. The molecular weight excluding hydrogens is 260 g/mol. The maximum Gasteiger partial charge on any atom is 0.184 e. The van der Waals surface area contributed by atoms with Gasteiger partial charge in [-0.3, -0.25) is 0 Å². The van der Waals surface area contributed by atoms with Crippen LogP contribution in [0.3, 0.4) is 0 Å². The number of ether oxygens (including phenoxy) is 5. The van der Waals surface area contributed by atoms with Crippen molar-refractivity contribution in [3.8, 4) is 0 Å². The first kappa shape index (κ1) is 14.0. The molecule has 2 aliphatic heterocycles. The van der Waals surface area contributed by atoms with E-state index < -0.39 is 0 Å². The third kappa shape index (κ3) is 2.73. The smallest absolute Gasteiger partial charge is 0.184 e. The van der Waals surface area contributed by atoms with E-state index in [1.54, 1.807) is 14.2 Å². The molecule has 110 valence electrons. The van der Waals surface area contributed by atoms with Crippen LogP contribution in [-0.4, -0.2) is 45.4 Å². The molecule has 1 aromatic rings. The number of hydrogen-bond donors (Lipinski definition) is 0. The molecule has 2 heterocycles. The van der Waals surface area contributed by atoms with Crippen molar-refractivity contribution < 1.29 is 23.7 Å². The highest BCUT2D eigenvalue weighted by molar-refractivity contribution is 5.16. The van der Waals surface area contributed by atoms with Gasteiger partial charge in [-0.2, -0.15) is 0 Å². The SMILES string of the molecule is CO[C@H]1C[C@H](OC)[C@H]2O[C@H](c3ccccc3)OC[C@@H]2O1. The molecule has 3 rings (SSSR count). The molecule has 20 heavy (non-hydrogen) atoms. The van der Waals surface area contributed by atoms with Gasteiger partial charge >= 0.3 is 0 Å². The zero-order valence-electron chi connectivity index (χ0n) is 11.7. The lowest BCUT2D eigenvalue weighted by molar-refractivity contribution is -0.336. The van der Waals surface area contributed by atoms with Gasteiger partial charge in [-0.1, -0.05) is 30.3 Å². The number of fused-ring (bicyclic) bond motifs is 1. The van der Waals surface area contributed by atoms with E-state index in [-0.39, 0.29) is 30.9 Å². The van der Waals surface area contributed by atoms with Gasteiger partial charge in [-0.05, 0) is 0 Å². The molecule has 0 bridgehead atoms. The van der Waals surface area contributed by atoms with E-state index >= 15 is 0 Å². The van der Waals surface area contributed by atoms with E-state index in [0.29, 0.717) is 13.0 Å². The van der Waals surface area contributed by atoms with E-state index in [1.165, 1.54) is 0 Å². The minimum atomic E-state index is -0.363. The molecular formula is C15H20O5. The quantitative estimate of drug-likeness (QED) is 0.846. The van der Waals surface area contributed by atoms with Crippen molar-refractivity contribution in [2.75, 3.05) is 20.8 Å². The monoisotopic (exact) mass is 280 g/mol. The molecule has 0 N–H and O–H groups in total. The molecule has 0 saturated carbocycles. The fourth-order valence-corrected chi connectivity index (χ4v) is 2.73. The second-order valence-corrected chi connectivity index (χ2v) is 5.03. The molecule has 5 nitrogen and oxygen atoms in total. The Labute approximate surface area is 118 Å². The van der Waals surface area contributed by atoms with Crippen LogP contribution in [0.25, 0.3) is 0 Å². The van der Waals surface area contributed by atoms with Crippen molar-refractivity contribution in [2.24, 2.45) is 0 Å². The van der Waals surface area contributed by atoms with Gasteiger partial charge in [0.05, 0.1) is 12.7 Å². The van der Waals surface area contributed by atoms with Gasteiger partial charge < -0.3 is 23.7 Å².